The highest BCUT2D eigenvalue weighted by Gasteiger charge is 2.22. The van der Waals surface area contributed by atoms with Gasteiger partial charge in [0.15, 0.2) is 17.3 Å². The molecule has 1 heterocycles. The van der Waals surface area contributed by atoms with Crippen LogP contribution >= 0.6 is 11.8 Å². The molecule has 170 valence electrons. The summed E-state index contributed by atoms with van der Waals surface area (Å²) < 4.78 is 23.1. The fourth-order valence-corrected chi connectivity index (χ4v) is 3.80. The van der Waals surface area contributed by atoms with Gasteiger partial charge in [0.25, 0.3) is 5.22 Å². The van der Waals surface area contributed by atoms with E-state index in [0.29, 0.717) is 59.3 Å². The van der Waals surface area contributed by atoms with Gasteiger partial charge < -0.3 is 18.6 Å². The summed E-state index contributed by atoms with van der Waals surface area (Å²) in [6.07, 6.45) is 0. The van der Waals surface area contributed by atoms with Gasteiger partial charge in [-0.1, -0.05) is 41.6 Å². The van der Waals surface area contributed by atoms with Gasteiger partial charge in [0.05, 0.1) is 25.1 Å². The summed E-state index contributed by atoms with van der Waals surface area (Å²) in [6.45, 7) is 10.9. The zero-order valence-corrected chi connectivity index (χ0v) is 19.8. The number of carbonyl (C=O) groups is 1. The molecule has 32 heavy (non-hydrogen) atoms. The van der Waals surface area contributed by atoms with E-state index >= 15 is 0 Å². The number of carbonyl (C=O) groups excluding carboxylic acids is 1. The van der Waals surface area contributed by atoms with Crippen molar-refractivity contribution in [1.82, 2.24) is 10.2 Å². The molecule has 0 amide bonds. The van der Waals surface area contributed by atoms with Crippen LogP contribution in [0, 0.1) is 6.92 Å². The third-order valence-electron chi connectivity index (χ3n) is 4.55. The van der Waals surface area contributed by atoms with Crippen LogP contribution in [-0.2, 0) is 0 Å². The van der Waals surface area contributed by atoms with Gasteiger partial charge in [0.1, 0.15) is 0 Å². The van der Waals surface area contributed by atoms with E-state index in [-0.39, 0.29) is 11.0 Å². The predicted octanol–water partition coefficient (Wildman–Crippen LogP) is 5.60. The lowest BCUT2D eigenvalue weighted by atomic mass is 10.1. The van der Waals surface area contributed by atoms with Crippen molar-refractivity contribution in [3.63, 3.8) is 0 Å². The van der Waals surface area contributed by atoms with Gasteiger partial charge in [0, 0.05) is 11.1 Å². The van der Waals surface area contributed by atoms with Crippen LogP contribution in [0.25, 0.3) is 11.5 Å². The predicted molar refractivity (Wildman–Crippen MR) is 124 cm³/mol. The van der Waals surface area contributed by atoms with Crippen LogP contribution in [0.3, 0.4) is 0 Å². The monoisotopic (exact) mass is 456 g/mol. The van der Waals surface area contributed by atoms with Gasteiger partial charge in [-0.25, -0.2) is 0 Å². The quantitative estimate of drug-likeness (QED) is 0.272. The molecule has 7 nitrogen and oxygen atoms in total. The highest BCUT2D eigenvalue weighted by Crippen LogP contribution is 2.42. The van der Waals surface area contributed by atoms with Crippen LogP contribution in [0.1, 0.15) is 43.6 Å². The average Bonchev–Trinajstić information content (AvgIpc) is 3.24. The minimum absolute atomic E-state index is 0.00748. The minimum Gasteiger partial charge on any atom is -0.490 e. The zero-order chi connectivity index (χ0) is 23.1. The van der Waals surface area contributed by atoms with E-state index in [1.807, 2.05) is 58.9 Å². The number of rotatable bonds is 11. The summed E-state index contributed by atoms with van der Waals surface area (Å²) in [7, 11) is 0. The molecule has 8 heteroatoms. The molecule has 0 N–H and O–H groups in total. The maximum absolute atomic E-state index is 12.7. The molecule has 1 atom stereocenters. The number of hydrogen-bond donors (Lipinski definition) is 0. The number of hydrogen-bond acceptors (Lipinski definition) is 8. The maximum Gasteiger partial charge on any atom is 0.277 e. The lowest BCUT2D eigenvalue weighted by molar-refractivity contribution is 0.0993. The molecule has 0 radical (unpaired) electrons. The van der Waals surface area contributed by atoms with Gasteiger partial charge in [-0.15, -0.1) is 10.2 Å². The van der Waals surface area contributed by atoms with Crippen molar-refractivity contribution in [2.45, 2.75) is 45.1 Å². The number of thioether (sulfide) groups is 1. The standard InChI is InChI=1S/C24H28N2O5S/c1-6-28-19-13-18(14-20(29-7-2)22(19)30-8-3)23-25-26-24(31-23)32-16(5)21(27)17-11-9-15(4)10-12-17/h9-14,16H,6-8H2,1-5H3. The van der Waals surface area contributed by atoms with Crippen molar-refractivity contribution in [2.24, 2.45) is 0 Å². The highest BCUT2D eigenvalue weighted by molar-refractivity contribution is 8.00. The Hall–Kier alpha value is -3.00. The van der Waals surface area contributed by atoms with Crippen molar-refractivity contribution < 1.29 is 23.4 Å². The second-order valence-corrected chi connectivity index (χ2v) is 8.26. The SMILES string of the molecule is CCOc1cc(-c2nnc(SC(C)C(=O)c3ccc(C)cc3)o2)cc(OCC)c1OCC. The first-order chi connectivity index (χ1) is 15.5. The molecule has 1 aromatic heterocycles. The molecule has 3 aromatic rings. The van der Waals surface area contributed by atoms with Crippen molar-refractivity contribution in [3.8, 4) is 28.7 Å². The van der Waals surface area contributed by atoms with E-state index in [1.165, 1.54) is 11.8 Å². The van der Waals surface area contributed by atoms with Crippen LogP contribution in [0.15, 0.2) is 46.0 Å². The molecule has 0 spiro atoms. The van der Waals surface area contributed by atoms with Crippen molar-refractivity contribution >= 4 is 17.5 Å². The number of aryl methyl sites for hydroxylation is 1. The second kappa shape index (κ2) is 11.0. The molecule has 0 aliphatic carbocycles. The van der Waals surface area contributed by atoms with Gasteiger partial charge in [-0.05, 0) is 46.8 Å². The Morgan fingerprint density at radius 3 is 2.12 bits per heavy atom. The van der Waals surface area contributed by atoms with Crippen LogP contribution in [0.4, 0.5) is 0 Å². The number of ether oxygens (including phenoxy) is 3. The van der Waals surface area contributed by atoms with Crippen LogP contribution in [-0.4, -0.2) is 41.1 Å². The Morgan fingerprint density at radius 1 is 0.969 bits per heavy atom. The van der Waals surface area contributed by atoms with E-state index in [4.69, 9.17) is 18.6 Å². The second-order valence-electron chi connectivity index (χ2n) is 6.96. The van der Waals surface area contributed by atoms with Crippen molar-refractivity contribution in [1.29, 1.82) is 0 Å². The average molecular weight is 457 g/mol. The molecule has 0 aliphatic rings. The van der Waals surface area contributed by atoms with Gasteiger partial charge in [0.2, 0.25) is 11.6 Å². The molecule has 0 saturated heterocycles. The van der Waals surface area contributed by atoms with E-state index < -0.39 is 0 Å². The Bertz CT molecular complexity index is 1020. The summed E-state index contributed by atoms with van der Waals surface area (Å²) in [5, 5.41) is 8.22. The first kappa shape index (κ1) is 23.7. The number of benzene rings is 2. The maximum atomic E-state index is 12.7. The lowest BCUT2D eigenvalue weighted by Crippen LogP contribution is -2.13. The topological polar surface area (TPSA) is 83.7 Å². The highest BCUT2D eigenvalue weighted by atomic mass is 32.2. The molecule has 0 fully saturated rings. The van der Waals surface area contributed by atoms with E-state index in [1.54, 1.807) is 12.1 Å². The summed E-state index contributed by atoms with van der Waals surface area (Å²) in [5.41, 5.74) is 2.42. The first-order valence-electron chi connectivity index (χ1n) is 10.6. The number of nitrogens with zero attached hydrogens (tertiary/aromatic N) is 2. The molecule has 0 saturated carbocycles. The normalized spacial score (nSPS) is 11.8. The summed E-state index contributed by atoms with van der Waals surface area (Å²) in [4.78, 5) is 12.7. The molecular weight excluding hydrogens is 428 g/mol. The van der Waals surface area contributed by atoms with Crippen LogP contribution in [0.5, 0.6) is 17.2 Å². The smallest absolute Gasteiger partial charge is 0.277 e. The molecule has 1 unspecified atom stereocenters. The minimum atomic E-state index is -0.371. The Morgan fingerprint density at radius 2 is 1.56 bits per heavy atom. The molecule has 3 rings (SSSR count). The van der Waals surface area contributed by atoms with E-state index in [0.717, 1.165) is 5.56 Å². The number of Topliss-reactive ketones (excluding diaryl/α,β-unsaturated/α-hetero) is 1. The Labute approximate surface area is 192 Å². The summed E-state index contributed by atoms with van der Waals surface area (Å²) >= 11 is 1.23. The van der Waals surface area contributed by atoms with Crippen LogP contribution < -0.4 is 14.2 Å². The van der Waals surface area contributed by atoms with Gasteiger partial charge >= 0.3 is 0 Å². The van der Waals surface area contributed by atoms with E-state index in [2.05, 4.69) is 10.2 Å². The molecular formula is C24H28N2O5S. The zero-order valence-electron chi connectivity index (χ0n) is 19.0. The Kier molecular flexibility index (Phi) is 8.16. The van der Waals surface area contributed by atoms with Gasteiger partial charge in [-0.2, -0.15) is 0 Å². The first-order valence-corrected chi connectivity index (χ1v) is 11.5. The molecule has 2 aromatic carbocycles. The Balaban J connectivity index is 1.83. The lowest BCUT2D eigenvalue weighted by Gasteiger charge is -2.16. The third-order valence-corrected chi connectivity index (χ3v) is 5.48. The van der Waals surface area contributed by atoms with Crippen molar-refractivity contribution in [3.05, 3.63) is 47.5 Å². The van der Waals surface area contributed by atoms with E-state index in [9.17, 15) is 4.79 Å². The van der Waals surface area contributed by atoms with Crippen molar-refractivity contribution in [2.75, 3.05) is 19.8 Å². The molecule has 0 bridgehead atoms. The fraction of sp³-hybridized carbons (Fsp3) is 0.375. The fourth-order valence-electron chi connectivity index (χ4n) is 3.04. The van der Waals surface area contributed by atoms with Gasteiger partial charge in [-0.3, -0.25) is 4.79 Å². The molecule has 0 aliphatic heterocycles. The number of ketones is 1. The summed E-state index contributed by atoms with van der Waals surface area (Å²) in [6, 6.07) is 11.1. The largest absolute Gasteiger partial charge is 0.490 e. The number of aromatic nitrogens is 2. The third kappa shape index (κ3) is 5.62. The summed E-state index contributed by atoms with van der Waals surface area (Å²) in [5.74, 6) is 1.96. The van der Waals surface area contributed by atoms with Crippen LogP contribution in [0.2, 0.25) is 0 Å².